The molecule has 3 aromatic carbocycles. The van der Waals surface area contributed by atoms with Gasteiger partial charge in [-0.1, -0.05) is 78.9 Å². The normalized spacial score (nSPS) is 12.3. The Hall–Kier alpha value is -3.49. The highest BCUT2D eigenvalue weighted by Crippen LogP contribution is 2.18. The van der Waals surface area contributed by atoms with Crippen molar-refractivity contribution in [2.45, 2.75) is 56.6 Å². The number of amides is 2. The third-order valence-corrected chi connectivity index (χ3v) is 8.08. The largest absolute Gasteiger partial charge is 0.352 e. The molecule has 0 aliphatic rings. The second-order valence-corrected chi connectivity index (χ2v) is 11.7. The number of carbonyl (C=O) groups excluding carboxylic acids is 2. The summed E-state index contributed by atoms with van der Waals surface area (Å²) in [5.74, 6) is -0.406. The summed E-state index contributed by atoms with van der Waals surface area (Å²) in [5, 5.41) is 2.98. The molecule has 8 heteroatoms. The van der Waals surface area contributed by atoms with Crippen LogP contribution in [0, 0.1) is 0 Å². The lowest BCUT2D eigenvalue weighted by Crippen LogP contribution is -2.51. The first-order valence-corrected chi connectivity index (χ1v) is 14.3. The van der Waals surface area contributed by atoms with Crippen molar-refractivity contribution < 1.29 is 18.0 Å². The highest BCUT2D eigenvalue weighted by Gasteiger charge is 2.31. The van der Waals surface area contributed by atoms with Crippen LogP contribution in [0.4, 0.5) is 0 Å². The summed E-state index contributed by atoms with van der Waals surface area (Å²) >= 11 is 0. The van der Waals surface area contributed by atoms with E-state index in [0.29, 0.717) is 12.8 Å². The van der Waals surface area contributed by atoms with Crippen molar-refractivity contribution in [3.05, 3.63) is 102 Å². The van der Waals surface area contributed by atoms with Crippen molar-refractivity contribution in [3.63, 3.8) is 0 Å². The summed E-state index contributed by atoms with van der Waals surface area (Å²) in [4.78, 5) is 28.9. The molecule has 0 aliphatic heterocycles. The standard InChI is InChI=1S/C30H37N3O4S/c1-24(2)31-30(35)28(22-25-14-7-4-8-15-25)33(23-26-16-9-5-10-17-26)29(34)20-13-21-32(3)38(36,37)27-18-11-6-12-19-27/h4-12,14-19,24,28H,13,20-23H2,1-3H3,(H,31,35)/t28-/m1/s1. The van der Waals surface area contributed by atoms with E-state index in [2.05, 4.69) is 5.32 Å². The van der Waals surface area contributed by atoms with E-state index < -0.39 is 16.1 Å². The fourth-order valence-electron chi connectivity index (χ4n) is 4.20. The van der Waals surface area contributed by atoms with E-state index in [1.807, 2.05) is 74.5 Å². The molecule has 0 radical (unpaired) electrons. The van der Waals surface area contributed by atoms with Gasteiger partial charge in [0.1, 0.15) is 6.04 Å². The first-order chi connectivity index (χ1) is 18.2. The molecule has 0 bridgehead atoms. The van der Waals surface area contributed by atoms with Gasteiger partial charge in [0.2, 0.25) is 21.8 Å². The minimum absolute atomic E-state index is 0.0775. The Balaban J connectivity index is 1.79. The number of hydrogen-bond donors (Lipinski definition) is 1. The SMILES string of the molecule is CC(C)NC(=O)[C@@H](Cc1ccccc1)N(Cc1ccccc1)C(=O)CCCN(C)S(=O)(=O)c1ccccc1. The van der Waals surface area contributed by atoms with Crippen LogP contribution in [0.3, 0.4) is 0 Å². The quantitative estimate of drug-likeness (QED) is 0.355. The van der Waals surface area contributed by atoms with Crippen LogP contribution < -0.4 is 5.32 Å². The van der Waals surface area contributed by atoms with Gasteiger partial charge in [-0.25, -0.2) is 12.7 Å². The summed E-state index contributed by atoms with van der Waals surface area (Å²) in [6.45, 7) is 4.25. The summed E-state index contributed by atoms with van der Waals surface area (Å²) in [5.41, 5.74) is 1.87. The third-order valence-electron chi connectivity index (χ3n) is 6.21. The van der Waals surface area contributed by atoms with E-state index in [1.54, 1.807) is 35.2 Å². The molecule has 0 aromatic heterocycles. The topological polar surface area (TPSA) is 86.8 Å². The lowest BCUT2D eigenvalue weighted by atomic mass is 10.0. The average Bonchev–Trinajstić information content (AvgIpc) is 2.91. The monoisotopic (exact) mass is 535 g/mol. The van der Waals surface area contributed by atoms with Gasteiger partial charge in [0.15, 0.2) is 0 Å². The summed E-state index contributed by atoms with van der Waals surface area (Å²) < 4.78 is 27.0. The lowest BCUT2D eigenvalue weighted by Gasteiger charge is -2.32. The Morgan fingerprint density at radius 1 is 0.816 bits per heavy atom. The van der Waals surface area contributed by atoms with Gasteiger partial charge in [-0.15, -0.1) is 0 Å². The zero-order valence-electron chi connectivity index (χ0n) is 22.3. The predicted molar refractivity (Wildman–Crippen MR) is 150 cm³/mol. The van der Waals surface area contributed by atoms with E-state index in [-0.39, 0.29) is 42.3 Å². The summed E-state index contributed by atoms with van der Waals surface area (Å²) in [7, 11) is -2.13. The molecule has 0 saturated carbocycles. The molecule has 0 aliphatic carbocycles. The van der Waals surface area contributed by atoms with Crippen LogP contribution in [0.15, 0.2) is 95.9 Å². The van der Waals surface area contributed by atoms with Crippen LogP contribution in [0.25, 0.3) is 0 Å². The molecule has 0 unspecified atom stereocenters. The Labute approximate surface area is 226 Å². The van der Waals surface area contributed by atoms with Crippen LogP contribution in [-0.2, 0) is 32.6 Å². The highest BCUT2D eigenvalue weighted by molar-refractivity contribution is 7.89. The van der Waals surface area contributed by atoms with Crippen LogP contribution in [0.1, 0.15) is 37.8 Å². The molecule has 1 atom stereocenters. The van der Waals surface area contributed by atoms with Crippen LogP contribution in [-0.4, -0.2) is 55.1 Å². The fourth-order valence-corrected chi connectivity index (χ4v) is 5.43. The maximum atomic E-state index is 13.6. The molecule has 7 nitrogen and oxygen atoms in total. The molecule has 0 saturated heterocycles. The van der Waals surface area contributed by atoms with Gasteiger partial charge in [-0.05, 0) is 43.5 Å². The van der Waals surface area contributed by atoms with Crippen LogP contribution in [0.5, 0.6) is 0 Å². The third kappa shape index (κ3) is 8.26. The molecule has 3 rings (SSSR count). The van der Waals surface area contributed by atoms with Crippen molar-refractivity contribution in [3.8, 4) is 0 Å². The molecule has 2 amide bonds. The number of sulfonamides is 1. The zero-order valence-corrected chi connectivity index (χ0v) is 23.1. The molecule has 1 N–H and O–H groups in total. The van der Waals surface area contributed by atoms with E-state index >= 15 is 0 Å². The molecule has 0 heterocycles. The van der Waals surface area contributed by atoms with Gasteiger partial charge in [-0.2, -0.15) is 0 Å². The molecular formula is C30H37N3O4S. The molecule has 202 valence electrons. The Kier molecular flexibility index (Phi) is 10.6. The van der Waals surface area contributed by atoms with E-state index in [4.69, 9.17) is 0 Å². The second-order valence-electron chi connectivity index (χ2n) is 9.62. The van der Waals surface area contributed by atoms with E-state index in [0.717, 1.165) is 11.1 Å². The highest BCUT2D eigenvalue weighted by atomic mass is 32.2. The number of hydrogen-bond acceptors (Lipinski definition) is 4. The van der Waals surface area contributed by atoms with Gasteiger partial charge >= 0.3 is 0 Å². The van der Waals surface area contributed by atoms with Crippen LogP contribution in [0.2, 0.25) is 0 Å². The Morgan fingerprint density at radius 2 is 1.34 bits per heavy atom. The zero-order chi connectivity index (χ0) is 27.5. The summed E-state index contributed by atoms with van der Waals surface area (Å²) in [6.07, 6.45) is 0.818. The molecule has 0 spiro atoms. The Bertz CT molecular complexity index is 1270. The number of carbonyl (C=O) groups is 2. The number of nitrogens with zero attached hydrogens (tertiary/aromatic N) is 2. The molecule has 3 aromatic rings. The van der Waals surface area contributed by atoms with Crippen LogP contribution >= 0.6 is 0 Å². The minimum Gasteiger partial charge on any atom is -0.352 e. The van der Waals surface area contributed by atoms with E-state index in [9.17, 15) is 18.0 Å². The van der Waals surface area contributed by atoms with Gasteiger partial charge < -0.3 is 10.2 Å². The smallest absolute Gasteiger partial charge is 0.243 e. The average molecular weight is 536 g/mol. The number of rotatable bonds is 13. The second kappa shape index (κ2) is 13.9. The van der Waals surface area contributed by atoms with Crippen molar-refractivity contribution in [2.24, 2.45) is 0 Å². The van der Waals surface area contributed by atoms with Gasteiger partial charge in [0.05, 0.1) is 4.90 Å². The van der Waals surface area contributed by atoms with E-state index in [1.165, 1.54) is 11.4 Å². The molecule has 38 heavy (non-hydrogen) atoms. The minimum atomic E-state index is -3.65. The number of nitrogens with one attached hydrogen (secondary N) is 1. The van der Waals surface area contributed by atoms with Gasteiger partial charge in [0.25, 0.3) is 0 Å². The maximum Gasteiger partial charge on any atom is 0.243 e. The van der Waals surface area contributed by atoms with Crippen molar-refractivity contribution in [1.82, 2.24) is 14.5 Å². The maximum absolute atomic E-state index is 13.6. The predicted octanol–water partition coefficient (Wildman–Crippen LogP) is 4.25. The van der Waals surface area contributed by atoms with Gasteiger partial charge in [-0.3, -0.25) is 9.59 Å². The van der Waals surface area contributed by atoms with Gasteiger partial charge in [0, 0.05) is 39.0 Å². The molecular weight excluding hydrogens is 498 g/mol. The van der Waals surface area contributed by atoms with Crippen molar-refractivity contribution >= 4 is 21.8 Å². The lowest BCUT2D eigenvalue weighted by molar-refractivity contribution is -0.141. The molecule has 0 fully saturated rings. The first kappa shape index (κ1) is 29.1. The summed E-state index contributed by atoms with van der Waals surface area (Å²) in [6, 6.07) is 26.7. The fraction of sp³-hybridized carbons (Fsp3) is 0.333. The number of benzene rings is 3. The van der Waals surface area contributed by atoms with Crippen molar-refractivity contribution in [1.29, 1.82) is 0 Å². The first-order valence-electron chi connectivity index (χ1n) is 12.9. The van der Waals surface area contributed by atoms with Crippen molar-refractivity contribution in [2.75, 3.05) is 13.6 Å². The Morgan fingerprint density at radius 3 is 1.89 bits per heavy atom.